The van der Waals surface area contributed by atoms with E-state index in [4.69, 9.17) is 47.1 Å². The van der Waals surface area contributed by atoms with E-state index in [-0.39, 0.29) is 17.6 Å². The molecule has 0 spiro atoms. The fourth-order valence-corrected chi connectivity index (χ4v) is 10.1. The number of esters is 1. The van der Waals surface area contributed by atoms with Crippen molar-refractivity contribution < 1.29 is 51.9 Å². The van der Waals surface area contributed by atoms with Crippen molar-refractivity contribution in [1.29, 1.82) is 0 Å². The van der Waals surface area contributed by atoms with Gasteiger partial charge in [0, 0.05) is 0 Å². The normalized spacial score (nSPS) is 11.9. The summed E-state index contributed by atoms with van der Waals surface area (Å²) in [5, 5.41) is 2.47. The number of rotatable bonds is 31. The van der Waals surface area contributed by atoms with E-state index >= 15 is 0 Å². The number of ether oxygens (including phenoxy) is 9. The van der Waals surface area contributed by atoms with Gasteiger partial charge in [0.1, 0.15) is 6.61 Å². The number of hydrogen-bond donors (Lipinski definition) is 0. The second-order valence-corrected chi connectivity index (χ2v) is 17.2. The zero-order valence-corrected chi connectivity index (χ0v) is 32.9. The molecule has 0 aliphatic carbocycles. The Balaban J connectivity index is 1.04. The van der Waals surface area contributed by atoms with Gasteiger partial charge in [-0.15, -0.1) is 0 Å². The van der Waals surface area contributed by atoms with E-state index in [1.165, 1.54) is 10.4 Å². The first-order valence-electron chi connectivity index (χ1n) is 18.5. The SMILES string of the molecule is CC(C)(C)[Si](OCCOCCOCCOCCOCCOCCOCCOCCOCCOC(=O)c1ccccc1)(c1ccccc1)c1ccccc1. The van der Waals surface area contributed by atoms with Crippen molar-refractivity contribution in [2.24, 2.45) is 0 Å². The van der Waals surface area contributed by atoms with Gasteiger partial charge in [0.05, 0.1) is 118 Å². The summed E-state index contributed by atoms with van der Waals surface area (Å²) in [6.45, 7) is 15.1. The highest BCUT2D eigenvalue weighted by Gasteiger charge is 2.50. The van der Waals surface area contributed by atoms with Gasteiger partial charge >= 0.3 is 5.97 Å². The molecule has 0 bridgehead atoms. The van der Waals surface area contributed by atoms with Crippen LogP contribution in [0.5, 0.6) is 0 Å². The van der Waals surface area contributed by atoms with E-state index in [2.05, 4.69) is 81.4 Å². The zero-order chi connectivity index (χ0) is 37.7. The Morgan fingerprint density at radius 1 is 0.415 bits per heavy atom. The smallest absolute Gasteiger partial charge is 0.338 e. The van der Waals surface area contributed by atoms with Crippen LogP contribution in [0.25, 0.3) is 0 Å². The van der Waals surface area contributed by atoms with Gasteiger partial charge in [-0.25, -0.2) is 4.79 Å². The molecule has 0 aliphatic rings. The van der Waals surface area contributed by atoms with Crippen molar-refractivity contribution in [1.82, 2.24) is 0 Å². The van der Waals surface area contributed by atoms with Gasteiger partial charge in [-0.3, -0.25) is 0 Å². The predicted octanol–water partition coefficient (Wildman–Crippen LogP) is 4.55. The summed E-state index contributed by atoms with van der Waals surface area (Å²) in [6.07, 6.45) is 0. The average molecular weight is 757 g/mol. The lowest BCUT2D eigenvalue weighted by Gasteiger charge is -2.43. The largest absolute Gasteiger partial charge is 0.460 e. The van der Waals surface area contributed by atoms with Crippen LogP contribution < -0.4 is 10.4 Å². The molecular formula is C41H60O11Si. The molecule has 0 unspecified atom stereocenters. The van der Waals surface area contributed by atoms with E-state index < -0.39 is 8.32 Å². The molecule has 3 aromatic carbocycles. The minimum atomic E-state index is -2.54. The fourth-order valence-electron chi connectivity index (χ4n) is 5.51. The second-order valence-electron chi connectivity index (χ2n) is 12.9. The van der Waals surface area contributed by atoms with Crippen LogP contribution in [0.1, 0.15) is 31.1 Å². The first kappa shape index (κ1) is 44.4. The topological polar surface area (TPSA) is 109 Å². The van der Waals surface area contributed by atoms with Crippen molar-refractivity contribution >= 4 is 24.7 Å². The molecule has 0 aromatic heterocycles. The van der Waals surface area contributed by atoms with Crippen molar-refractivity contribution in [2.75, 3.05) is 119 Å². The molecule has 0 amide bonds. The van der Waals surface area contributed by atoms with E-state index in [9.17, 15) is 4.79 Å². The number of benzene rings is 3. The van der Waals surface area contributed by atoms with E-state index in [0.717, 1.165) is 0 Å². The van der Waals surface area contributed by atoms with Gasteiger partial charge in [0.2, 0.25) is 0 Å². The summed E-state index contributed by atoms with van der Waals surface area (Å²) >= 11 is 0. The second kappa shape index (κ2) is 27.6. The number of hydrogen-bond acceptors (Lipinski definition) is 11. The number of carbonyl (C=O) groups is 1. The van der Waals surface area contributed by atoms with Gasteiger partial charge in [0.25, 0.3) is 8.32 Å². The molecule has 0 saturated heterocycles. The Morgan fingerprint density at radius 3 is 1.02 bits per heavy atom. The zero-order valence-electron chi connectivity index (χ0n) is 31.9. The molecule has 12 heteroatoms. The maximum Gasteiger partial charge on any atom is 0.338 e. The highest BCUT2D eigenvalue weighted by atomic mass is 28.4. The van der Waals surface area contributed by atoms with Crippen LogP contribution in [0.2, 0.25) is 5.04 Å². The highest BCUT2D eigenvalue weighted by molar-refractivity contribution is 6.99. The molecule has 0 aliphatic heterocycles. The van der Waals surface area contributed by atoms with Crippen LogP contribution >= 0.6 is 0 Å². The van der Waals surface area contributed by atoms with Crippen LogP contribution in [0, 0.1) is 0 Å². The molecule has 11 nitrogen and oxygen atoms in total. The highest BCUT2D eigenvalue weighted by Crippen LogP contribution is 2.36. The van der Waals surface area contributed by atoms with Crippen molar-refractivity contribution in [3.8, 4) is 0 Å². The molecule has 3 rings (SSSR count). The first-order chi connectivity index (χ1) is 25.9. The molecule has 0 N–H and O–H groups in total. The minimum absolute atomic E-state index is 0.0600. The predicted molar refractivity (Wildman–Crippen MR) is 207 cm³/mol. The molecule has 0 saturated carbocycles. The van der Waals surface area contributed by atoms with Crippen molar-refractivity contribution in [3.63, 3.8) is 0 Å². The Hall–Kier alpha value is -3.01. The molecule has 0 fully saturated rings. The molecule has 3 aromatic rings. The molecule has 0 heterocycles. The monoisotopic (exact) mass is 756 g/mol. The maximum atomic E-state index is 11.8. The standard InChI is InChI=1S/C41H60O11Si/c1-41(2,3)53(38-15-9-5-10-16-38,39-17-11-6-12-18-39)52-36-34-50-32-30-48-28-26-46-24-22-44-20-19-43-21-23-45-25-27-47-29-31-49-33-35-51-40(42)37-13-7-4-8-14-37/h4-18H,19-36H2,1-3H3. The Bertz CT molecular complexity index is 1270. The molecule has 0 radical (unpaired) electrons. The third kappa shape index (κ3) is 17.8. The van der Waals surface area contributed by atoms with Gasteiger partial charge in [-0.1, -0.05) is 99.6 Å². The Labute approximate surface area is 317 Å². The van der Waals surface area contributed by atoms with Crippen LogP contribution in [0.4, 0.5) is 0 Å². The van der Waals surface area contributed by atoms with E-state index in [1.54, 1.807) is 24.3 Å². The quantitative estimate of drug-likeness (QED) is 0.0524. The summed E-state index contributed by atoms with van der Waals surface area (Å²) in [5.74, 6) is -0.355. The third-order valence-corrected chi connectivity index (χ3v) is 13.1. The maximum absolute atomic E-state index is 11.8. The van der Waals surface area contributed by atoms with Crippen LogP contribution in [0.15, 0.2) is 91.0 Å². The van der Waals surface area contributed by atoms with Crippen molar-refractivity contribution in [2.45, 2.75) is 25.8 Å². The van der Waals surface area contributed by atoms with E-state index in [1.807, 2.05) is 6.07 Å². The van der Waals surface area contributed by atoms with Gasteiger partial charge in [-0.05, 0) is 27.5 Å². The van der Waals surface area contributed by atoms with Gasteiger partial charge < -0.3 is 47.1 Å². The lowest BCUT2D eigenvalue weighted by Crippen LogP contribution is -2.66. The third-order valence-electron chi connectivity index (χ3n) is 8.04. The van der Waals surface area contributed by atoms with Gasteiger partial charge in [-0.2, -0.15) is 0 Å². The first-order valence-corrected chi connectivity index (χ1v) is 20.4. The lowest BCUT2D eigenvalue weighted by molar-refractivity contribution is -0.0248. The molecule has 0 atom stereocenters. The summed E-state index contributed by atoms with van der Waals surface area (Å²) < 4.78 is 56.5. The summed E-state index contributed by atoms with van der Waals surface area (Å²) in [5.41, 5.74) is 0.526. The fraction of sp³-hybridized carbons (Fsp3) is 0.537. The summed E-state index contributed by atoms with van der Waals surface area (Å²) in [4.78, 5) is 11.8. The summed E-state index contributed by atoms with van der Waals surface area (Å²) in [7, 11) is -2.54. The van der Waals surface area contributed by atoms with Crippen LogP contribution in [-0.4, -0.2) is 133 Å². The average Bonchev–Trinajstić information content (AvgIpc) is 3.18. The summed E-state index contributed by atoms with van der Waals surface area (Å²) in [6, 6.07) is 30.1. The molecule has 294 valence electrons. The van der Waals surface area contributed by atoms with Crippen LogP contribution in [0.3, 0.4) is 0 Å². The Kier molecular flexibility index (Phi) is 23.1. The molecular weight excluding hydrogens is 697 g/mol. The minimum Gasteiger partial charge on any atom is -0.460 e. The number of carbonyl (C=O) groups excluding carboxylic acids is 1. The van der Waals surface area contributed by atoms with E-state index in [0.29, 0.717) is 118 Å². The Morgan fingerprint density at radius 2 is 0.698 bits per heavy atom. The molecule has 53 heavy (non-hydrogen) atoms. The lowest BCUT2D eigenvalue weighted by atomic mass is 10.2. The van der Waals surface area contributed by atoms with Crippen molar-refractivity contribution in [3.05, 3.63) is 96.6 Å². The van der Waals surface area contributed by atoms with Crippen LogP contribution in [-0.2, 0) is 47.1 Å². The van der Waals surface area contributed by atoms with Gasteiger partial charge in [0.15, 0.2) is 0 Å².